The van der Waals surface area contributed by atoms with Gasteiger partial charge in [0.15, 0.2) is 0 Å². The van der Waals surface area contributed by atoms with Crippen molar-refractivity contribution >= 4 is 48.9 Å². The van der Waals surface area contributed by atoms with E-state index in [0.717, 1.165) is 26.1 Å². The molecule has 0 saturated carbocycles. The van der Waals surface area contributed by atoms with Crippen LogP contribution >= 0.6 is 31.9 Å². The number of hydrogen-bond donors (Lipinski definition) is 2. The fraction of sp³-hybridized carbons (Fsp3) is 0.0769. The van der Waals surface area contributed by atoms with Gasteiger partial charge in [0, 0.05) is 10.2 Å². The fourth-order valence-electron chi connectivity index (χ4n) is 1.54. The Morgan fingerprint density at radius 1 is 1.11 bits per heavy atom. The normalized spacial score (nSPS) is 10.2. The second-order valence-electron chi connectivity index (χ2n) is 3.71. The zero-order chi connectivity index (χ0) is 13.1. The molecule has 0 aliphatic rings. The average molecular weight is 372 g/mol. The number of ether oxygens (including phenoxy) is 1. The molecule has 0 fully saturated rings. The molecule has 2 rings (SSSR count). The summed E-state index contributed by atoms with van der Waals surface area (Å²) >= 11 is 6.87. The highest BCUT2D eigenvalue weighted by molar-refractivity contribution is 9.10. The minimum atomic E-state index is 0.699. The maximum absolute atomic E-state index is 5.91. The molecular weight excluding hydrogens is 360 g/mol. The van der Waals surface area contributed by atoms with Crippen LogP contribution in [0.3, 0.4) is 0 Å². The summed E-state index contributed by atoms with van der Waals surface area (Å²) in [5, 5.41) is 3.26. The van der Waals surface area contributed by atoms with E-state index in [1.807, 2.05) is 36.4 Å². The topological polar surface area (TPSA) is 47.3 Å². The van der Waals surface area contributed by atoms with E-state index in [1.165, 1.54) is 0 Å². The maximum atomic E-state index is 5.91. The van der Waals surface area contributed by atoms with Gasteiger partial charge in [-0.25, -0.2) is 0 Å². The minimum absolute atomic E-state index is 0.699. The van der Waals surface area contributed by atoms with E-state index < -0.39 is 0 Å². The summed E-state index contributed by atoms with van der Waals surface area (Å²) in [6.45, 7) is 0. The summed E-state index contributed by atoms with van der Waals surface area (Å²) in [5.41, 5.74) is 8.41. The predicted octanol–water partition coefficient (Wildman–Crippen LogP) is 4.55. The summed E-state index contributed by atoms with van der Waals surface area (Å²) in [6.07, 6.45) is 0. The summed E-state index contributed by atoms with van der Waals surface area (Å²) in [4.78, 5) is 0. The van der Waals surface area contributed by atoms with Crippen LogP contribution in [0.2, 0.25) is 0 Å². The SMILES string of the molecule is COc1ccc(Nc2cc(Br)ccc2N)cc1Br. The summed E-state index contributed by atoms with van der Waals surface area (Å²) < 4.78 is 7.06. The van der Waals surface area contributed by atoms with E-state index in [2.05, 4.69) is 37.2 Å². The molecule has 18 heavy (non-hydrogen) atoms. The molecule has 0 aromatic heterocycles. The number of nitrogens with one attached hydrogen (secondary N) is 1. The van der Waals surface area contributed by atoms with Crippen LogP contribution in [-0.4, -0.2) is 7.11 Å². The molecule has 0 atom stereocenters. The molecule has 94 valence electrons. The number of hydrogen-bond acceptors (Lipinski definition) is 3. The van der Waals surface area contributed by atoms with Crippen LogP contribution in [0.4, 0.5) is 17.1 Å². The Labute approximate surface area is 123 Å². The van der Waals surface area contributed by atoms with E-state index in [0.29, 0.717) is 5.69 Å². The van der Waals surface area contributed by atoms with Crippen LogP contribution in [0.25, 0.3) is 0 Å². The average Bonchev–Trinajstić information content (AvgIpc) is 2.34. The van der Waals surface area contributed by atoms with Crippen LogP contribution in [-0.2, 0) is 0 Å². The zero-order valence-electron chi connectivity index (χ0n) is 9.71. The Balaban J connectivity index is 2.28. The predicted molar refractivity (Wildman–Crippen MR) is 82.5 cm³/mol. The van der Waals surface area contributed by atoms with Crippen molar-refractivity contribution in [1.29, 1.82) is 0 Å². The second kappa shape index (κ2) is 5.63. The van der Waals surface area contributed by atoms with Crippen LogP contribution in [0, 0.1) is 0 Å². The standard InChI is InChI=1S/C13H12Br2N2O/c1-18-13-5-3-9(7-10(13)15)17-12-6-8(14)2-4-11(12)16/h2-7,17H,16H2,1H3. The van der Waals surface area contributed by atoms with Gasteiger partial charge in [-0.15, -0.1) is 0 Å². The number of benzene rings is 2. The van der Waals surface area contributed by atoms with Crippen molar-refractivity contribution in [3.8, 4) is 5.75 Å². The fourth-order valence-corrected chi connectivity index (χ4v) is 2.44. The smallest absolute Gasteiger partial charge is 0.133 e. The maximum Gasteiger partial charge on any atom is 0.133 e. The van der Waals surface area contributed by atoms with E-state index in [4.69, 9.17) is 10.5 Å². The van der Waals surface area contributed by atoms with E-state index >= 15 is 0 Å². The zero-order valence-corrected chi connectivity index (χ0v) is 12.9. The van der Waals surface area contributed by atoms with Gasteiger partial charge < -0.3 is 15.8 Å². The van der Waals surface area contributed by atoms with E-state index in [9.17, 15) is 0 Å². The minimum Gasteiger partial charge on any atom is -0.496 e. The first-order chi connectivity index (χ1) is 8.60. The molecule has 0 aliphatic heterocycles. The third-order valence-corrected chi connectivity index (χ3v) is 3.56. The molecule has 0 spiro atoms. The van der Waals surface area contributed by atoms with Gasteiger partial charge >= 0.3 is 0 Å². The second-order valence-corrected chi connectivity index (χ2v) is 5.48. The molecule has 3 N–H and O–H groups in total. The summed E-state index contributed by atoms with van der Waals surface area (Å²) in [6, 6.07) is 11.5. The van der Waals surface area contributed by atoms with Gasteiger partial charge in [-0.1, -0.05) is 15.9 Å². The number of nitrogens with two attached hydrogens (primary N) is 1. The largest absolute Gasteiger partial charge is 0.496 e. The van der Waals surface area contributed by atoms with Gasteiger partial charge in [0.25, 0.3) is 0 Å². The number of halogens is 2. The third-order valence-electron chi connectivity index (χ3n) is 2.45. The van der Waals surface area contributed by atoms with Gasteiger partial charge in [-0.2, -0.15) is 0 Å². The quantitative estimate of drug-likeness (QED) is 0.778. The van der Waals surface area contributed by atoms with Gasteiger partial charge in [-0.05, 0) is 52.3 Å². The summed E-state index contributed by atoms with van der Waals surface area (Å²) in [7, 11) is 1.64. The van der Waals surface area contributed by atoms with Crippen molar-refractivity contribution in [2.24, 2.45) is 0 Å². The highest BCUT2D eigenvalue weighted by Crippen LogP contribution is 2.31. The molecule has 2 aromatic carbocycles. The molecular formula is C13H12Br2N2O. The number of rotatable bonds is 3. The molecule has 5 heteroatoms. The molecule has 0 amide bonds. The van der Waals surface area contributed by atoms with Crippen LogP contribution in [0.15, 0.2) is 45.3 Å². The number of methoxy groups -OCH3 is 1. The lowest BCUT2D eigenvalue weighted by atomic mass is 10.2. The van der Waals surface area contributed by atoms with Crippen LogP contribution in [0.1, 0.15) is 0 Å². The third kappa shape index (κ3) is 2.97. The molecule has 0 radical (unpaired) electrons. The van der Waals surface area contributed by atoms with Crippen molar-refractivity contribution < 1.29 is 4.74 Å². The number of anilines is 3. The molecule has 3 nitrogen and oxygen atoms in total. The Morgan fingerprint density at radius 3 is 2.56 bits per heavy atom. The van der Waals surface area contributed by atoms with Gasteiger partial charge in [0.1, 0.15) is 5.75 Å². The molecule has 0 aliphatic carbocycles. The lowest BCUT2D eigenvalue weighted by molar-refractivity contribution is 0.412. The van der Waals surface area contributed by atoms with Crippen molar-refractivity contribution in [3.05, 3.63) is 45.3 Å². The first-order valence-electron chi connectivity index (χ1n) is 5.26. The lowest BCUT2D eigenvalue weighted by Crippen LogP contribution is -1.96. The van der Waals surface area contributed by atoms with Gasteiger partial charge in [-0.3, -0.25) is 0 Å². The van der Waals surface area contributed by atoms with Crippen molar-refractivity contribution in [1.82, 2.24) is 0 Å². The lowest BCUT2D eigenvalue weighted by Gasteiger charge is -2.11. The first kappa shape index (κ1) is 13.2. The monoisotopic (exact) mass is 370 g/mol. The Kier molecular flexibility index (Phi) is 4.14. The molecule has 0 unspecified atom stereocenters. The summed E-state index contributed by atoms with van der Waals surface area (Å²) in [5.74, 6) is 0.794. The number of nitrogen functional groups attached to an aromatic ring is 1. The van der Waals surface area contributed by atoms with Crippen molar-refractivity contribution in [2.45, 2.75) is 0 Å². The van der Waals surface area contributed by atoms with E-state index in [1.54, 1.807) is 7.11 Å². The Hall–Kier alpha value is -1.20. The molecule has 0 bridgehead atoms. The highest BCUT2D eigenvalue weighted by Gasteiger charge is 2.04. The Morgan fingerprint density at radius 2 is 1.89 bits per heavy atom. The van der Waals surface area contributed by atoms with Crippen molar-refractivity contribution in [2.75, 3.05) is 18.2 Å². The van der Waals surface area contributed by atoms with Crippen LogP contribution in [0.5, 0.6) is 5.75 Å². The van der Waals surface area contributed by atoms with E-state index in [-0.39, 0.29) is 0 Å². The van der Waals surface area contributed by atoms with Gasteiger partial charge in [0.2, 0.25) is 0 Å². The van der Waals surface area contributed by atoms with Crippen LogP contribution < -0.4 is 15.8 Å². The van der Waals surface area contributed by atoms with Crippen molar-refractivity contribution in [3.63, 3.8) is 0 Å². The molecule has 0 heterocycles. The molecule has 2 aromatic rings. The van der Waals surface area contributed by atoms with Gasteiger partial charge in [0.05, 0.1) is 23.0 Å². The highest BCUT2D eigenvalue weighted by atomic mass is 79.9. The Bertz CT molecular complexity index is 573. The first-order valence-corrected chi connectivity index (χ1v) is 6.84. The molecule has 0 saturated heterocycles.